The Morgan fingerprint density at radius 1 is 1.29 bits per heavy atom. The maximum atomic E-state index is 4.35. The van der Waals surface area contributed by atoms with Crippen LogP contribution in [0.1, 0.15) is 30.5 Å². The molecule has 0 amide bonds. The number of rotatable bonds is 5. The van der Waals surface area contributed by atoms with Crippen LogP contribution in [0, 0.1) is 6.92 Å². The number of nitrogens with zero attached hydrogens (tertiary/aromatic N) is 3. The van der Waals surface area contributed by atoms with Gasteiger partial charge in [0.25, 0.3) is 0 Å². The molecule has 0 aliphatic carbocycles. The van der Waals surface area contributed by atoms with E-state index in [1.807, 2.05) is 11.7 Å². The number of hydrogen-bond donors (Lipinski definition) is 1. The molecule has 1 N–H and O–H groups in total. The van der Waals surface area contributed by atoms with Crippen molar-refractivity contribution in [2.75, 3.05) is 26.2 Å². The van der Waals surface area contributed by atoms with E-state index in [4.69, 9.17) is 0 Å². The maximum absolute atomic E-state index is 4.35. The number of nitrogens with one attached hydrogen (secondary N) is 1. The number of hydrogen-bond acceptors (Lipinski definition) is 3. The Labute approximate surface area is 104 Å². The lowest BCUT2D eigenvalue weighted by atomic mass is 10.1. The maximum Gasteiger partial charge on any atom is 0.0638 e. The molecule has 4 nitrogen and oxygen atoms in total. The summed E-state index contributed by atoms with van der Waals surface area (Å²) in [5, 5.41) is 7.85. The van der Waals surface area contributed by atoms with E-state index < -0.39 is 0 Å². The first-order chi connectivity index (χ1) is 8.25. The monoisotopic (exact) mass is 236 g/mol. The van der Waals surface area contributed by atoms with Crippen LogP contribution in [-0.4, -0.2) is 40.9 Å². The fraction of sp³-hybridized carbons (Fsp3) is 0.769. The van der Waals surface area contributed by atoms with Crippen molar-refractivity contribution in [1.29, 1.82) is 0 Å². The van der Waals surface area contributed by atoms with E-state index in [1.165, 1.54) is 44.5 Å². The summed E-state index contributed by atoms with van der Waals surface area (Å²) < 4.78 is 1.89. The van der Waals surface area contributed by atoms with E-state index in [1.54, 1.807) is 0 Å². The molecule has 1 saturated heterocycles. The lowest BCUT2D eigenvalue weighted by Gasteiger charge is -2.26. The molecule has 0 unspecified atom stereocenters. The minimum atomic E-state index is 0.938. The average Bonchev–Trinajstić information content (AvgIpc) is 2.65. The highest BCUT2D eigenvalue weighted by Crippen LogP contribution is 2.07. The Hall–Kier alpha value is -0.870. The van der Waals surface area contributed by atoms with Gasteiger partial charge in [0, 0.05) is 38.4 Å². The van der Waals surface area contributed by atoms with E-state index in [2.05, 4.69) is 28.4 Å². The smallest absolute Gasteiger partial charge is 0.0638 e. The van der Waals surface area contributed by atoms with Crippen LogP contribution in [0.4, 0.5) is 0 Å². The molecule has 1 aromatic heterocycles. The van der Waals surface area contributed by atoms with E-state index in [9.17, 15) is 0 Å². The summed E-state index contributed by atoms with van der Waals surface area (Å²) >= 11 is 0. The molecule has 0 aromatic carbocycles. The second kappa shape index (κ2) is 6.17. The van der Waals surface area contributed by atoms with Gasteiger partial charge in [-0.15, -0.1) is 0 Å². The highest BCUT2D eigenvalue weighted by atomic mass is 15.3. The van der Waals surface area contributed by atoms with Crippen molar-refractivity contribution in [3.05, 3.63) is 17.5 Å². The molecule has 0 atom stereocenters. The first-order valence-electron chi connectivity index (χ1n) is 6.68. The Morgan fingerprint density at radius 2 is 2.06 bits per heavy atom. The van der Waals surface area contributed by atoms with Gasteiger partial charge in [0.15, 0.2) is 0 Å². The highest BCUT2D eigenvalue weighted by molar-refractivity contribution is 5.14. The second-order valence-corrected chi connectivity index (χ2v) is 4.99. The molecule has 0 radical (unpaired) electrons. The summed E-state index contributed by atoms with van der Waals surface area (Å²) in [5.74, 6) is 0. The fourth-order valence-electron chi connectivity index (χ4n) is 2.47. The Bertz CT molecular complexity index is 339. The largest absolute Gasteiger partial charge is 0.311 e. The Morgan fingerprint density at radius 3 is 2.71 bits per heavy atom. The van der Waals surface area contributed by atoms with E-state index in [0.29, 0.717) is 0 Å². The van der Waals surface area contributed by atoms with Crippen LogP contribution in [0.25, 0.3) is 0 Å². The number of aryl methyl sites for hydroxylation is 2. The standard InChI is InChI=1S/C13H24N4/c1-12-13(11-16(2)15-12)10-14-6-9-17-7-4-3-5-8-17/h11,14H,3-10H2,1-2H3. The molecule has 1 aliphatic rings. The van der Waals surface area contributed by atoms with E-state index in [-0.39, 0.29) is 0 Å². The molecular weight excluding hydrogens is 212 g/mol. The topological polar surface area (TPSA) is 33.1 Å². The molecule has 4 heteroatoms. The average molecular weight is 236 g/mol. The minimum absolute atomic E-state index is 0.938. The highest BCUT2D eigenvalue weighted by Gasteiger charge is 2.09. The lowest BCUT2D eigenvalue weighted by Crippen LogP contribution is -2.35. The molecule has 0 spiro atoms. The summed E-state index contributed by atoms with van der Waals surface area (Å²) in [5.41, 5.74) is 2.45. The predicted octanol–water partition coefficient (Wildman–Crippen LogP) is 1.30. The Balaban J connectivity index is 1.64. The third-order valence-electron chi connectivity index (χ3n) is 3.48. The van der Waals surface area contributed by atoms with Crippen LogP contribution in [0.5, 0.6) is 0 Å². The van der Waals surface area contributed by atoms with Crippen LogP contribution in [-0.2, 0) is 13.6 Å². The van der Waals surface area contributed by atoms with Gasteiger partial charge in [0.1, 0.15) is 0 Å². The molecule has 0 saturated carbocycles. The Kier molecular flexibility index (Phi) is 4.57. The molecule has 1 aromatic rings. The van der Waals surface area contributed by atoms with Crippen molar-refractivity contribution in [3.8, 4) is 0 Å². The molecule has 17 heavy (non-hydrogen) atoms. The summed E-state index contributed by atoms with van der Waals surface area (Å²) in [6.45, 7) is 7.84. The summed E-state index contributed by atoms with van der Waals surface area (Å²) in [6.07, 6.45) is 6.27. The van der Waals surface area contributed by atoms with Gasteiger partial charge >= 0.3 is 0 Å². The van der Waals surface area contributed by atoms with Crippen molar-refractivity contribution >= 4 is 0 Å². The zero-order chi connectivity index (χ0) is 12.1. The van der Waals surface area contributed by atoms with Gasteiger partial charge in [-0.3, -0.25) is 4.68 Å². The quantitative estimate of drug-likeness (QED) is 0.782. The zero-order valence-electron chi connectivity index (χ0n) is 11.1. The zero-order valence-corrected chi connectivity index (χ0v) is 11.1. The normalized spacial score (nSPS) is 17.5. The van der Waals surface area contributed by atoms with Crippen molar-refractivity contribution < 1.29 is 0 Å². The van der Waals surface area contributed by atoms with Gasteiger partial charge in [-0.25, -0.2) is 0 Å². The predicted molar refractivity (Wildman–Crippen MR) is 69.9 cm³/mol. The molecule has 1 aliphatic heterocycles. The summed E-state index contributed by atoms with van der Waals surface area (Å²) in [7, 11) is 1.98. The van der Waals surface area contributed by atoms with Gasteiger partial charge in [0.2, 0.25) is 0 Å². The lowest BCUT2D eigenvalue weighted by molar-refractivity contribution is 0.229. The number of piperidine rings is 1. The van der Waals surface area contributed by atoms with Crippen molar-refractivity contribution in [3.63, 3.8) is 0 Å². The van der Waals surface area contributed by atoms with Crippen molar-refractivity contribution in [2.45, 2.75) is 32.7 Å². The van der Waals surface area contributed by atoms with Gasteiger partial charge in [-0.2, -0.15) is 5.10 Å². The van der Waals surface area contributed by atoms with E-state index >= 15 is 0 Å². The molecule has 1 fully saturated rings. The summed E-state index contributed by atoms with van der Waals surface area (Å²) in [6, 6.07) is 0. The van der Waals surface area contributed by atoms with Gasteiger partial charge < -0.3 is 10.2 Å². The van der Waals surface area contributed by atoms with Crippen molar-refractivity contribution in [1.82, 2.24) is 20.0 Å². The van der Waals surface area contributed by atoms with E-state index in [0.717, 1.165) is 18.8 Å². The van der Waals surface area contributed by atoms with Gasteiger partial charge in [-0.1, -0.05) is 6.42 Å². The van der Waals surface area contributed by atoms with Gasteiger partial charge in [0.05, 0.1) is 5.69 Å². The first kappa shape index (κ1) is 12.6. The summed E-state index contributed by atoms with van der Waals surface area (Å²) in [4.78, 5) is 2.56. The second-order valence-electron chi connectivity index (χ2n) is 4.99. The van der Waals surface area contributed by atoms with Gasteiger partial charge in [-0.05, 0) is 32.9 Å². The first-order valence-corrected chi connectivity index (χ1v) is 6.68. The van der Waals surface area contributed by atoms with Crippen LogP contribution in [0.3, 0.4) is 0 Å². The minimum Gasteiger partial charge on any atom is -0.311 e. The number of likely N-dealkylation sites (tertiary alicyclic amines) is 1. The third kappa shape index (κ3) is 3.82. The van der Waals surface area contributed by atoms with Crippen LogP contribution in [0.2, 0.25) is 0 Å². The molecular formula is C13H24N4. The van der Waals surface area contributed by atoms with Crippen LogP contribution in [0.15, 0.2) is 6.20 Å². The van der Waals surface area contributed by atoms with Crippen LogP contribution >= 0.6 is 0 Å². The van der Waals surface area contributed by atoms with Crippen LogP contribution < -0.4 is 5.32 Å². The fourth-order valence-corrected chi connectivity index (χ4v) is 2.47. The number of aromatic nitrogens is 2. The van der Waals surface area contributed by atoms with Crippen molar-refractivity contribution in [2.24, 2.45) is 7.05 Å². The molecule has 0 bridgehead atoms. The third-order valence-corrected chi connectivity index (χ3v) is 3.48. The molecule has 2 heterocycles. The SMILES string of the molecule is Cc1nn(C)cc1CNCCN1CCCCC1. The molecule has 96 valence electrons. The molecule has 2 rings (SSSR count).